The molecule has 2 amide bonds. The highest BCUT2D eigenvalue weighted by atomic mass is 35.5. The summed E-state index contributed by atoms with van der Waals surface area (Å²) in [6.07, 6.45) is 3.46. The molecule has 1 saturated heterocycles. The lowest BCUT2D eigenvalue weighted by atomic mass is 10.1. The summed E-state index contributed by atoms with van der Waals surface area (Å²) in [4.78, 5) is 35.4. The largest absolute Gasteiger partial charge is 0.483 e. The van der Waals surface area contributed by atoms with Gasteiger partial charge in [-0.3, -0.25) is 19.4 Å². The van der Waals surface area contributed by atoms with Gasteiger partial charge in [0, 0.05) is 38.9 Å². The van der Waals surface area contributed by atoms with Gasteiger partial charge in [-0.2, -0.15) is 0 Å². The summed E-state index contributed by atoms with van der Waals surface area (Å²) in [6, 6.07) is 10.7. The molecule has 3 heterocycles. The Balaban J connectivity index is 1.23. The van der Waals surface area contributed by atoms with E-state index in [0.717, 1.165) is 51.4 Å². The number of benzene rings is 1. The number of carbonyl (C=O) groups excluding carboxylic acids is 2. The highest BCUT2D eigenvalue weighted by molar-refractivity contribution is 6.32. The van der Waals surface area contributed by atoms with Crippen molar-refractivity contribution < 1.29 is 14.3 Å². The van der Waals surface area contributed by atoms with Crippen molar-refractivity contribution in [2.75, 3.05) is 50.8 Å². The first-order valence-electron chi connectivity index (χ1n) is 10.3. The van der Waals surface area contributed by atoms with E-state index >= 15 is 0 Å². The lowest BCUT2D eigenvalue weighted by molar-refractivity contribution is -0.130. The molecule has 1 aromatic heterocycles. The van der Waals surface area contributed by atoms with Gasteiger partial charge in [-0.05, 0) is 43.7 Å². The van der Waals surface area contributed by atoms with Crippen LogP contribution < -0.4 is 9.64 Å². The normalized spacial score (nSPS) is 17.5. The molecule has 2 aromatic rings. The third-order valence-corrected chi connectivity index (χ3v) is 5.83. The maximum atomic E-state index is 12.7. The molecular weight excluding hydrogens is 404 g/mol. The molecule has 0 aliphatic carbocycles. The summed E-state index contributed by atoms with van der Waals surface area (Å²) in [6.45, 7) is 4.90. The third kappa shape index (κ3) is 4.57. The van der Waals surface area contributed by atoms with E-state index in [9.17, 15) is 9.59 Å². The minimum atomic E-state index is -0.281. The average molecular weight is 429 g/mol. The zero-order valence-electron chi connectivity index (χ0n) is 16.8. The number of rotatable bonds is 6. The van der Waals surface area contributed by atoms with Gasteiger partial charge in [0.05, 0.1) is 10.6 Å². The molecule has 0 saturated carbocycles. The molecule has 0 atom stereocenters. The molecule has 158 valence electrons. The molecule has 7 nitrogen and oxygen atoms in total. The van der Waals surface area contributed by atoms with E-state index < -0.39 is 0 Å². The van der Waals surface area contributed by atoms with Gasteiger partial charge >= 0.3 is 0 Å². The topological polar surface area (TPSA) is 66.0 Å². The number of ether oxygens (including phenoxy) is 1. The van der Waals surface area contributed by atoms with Crippen LogP contribution in [0, 0.1) is 0 Å². The maximum Gasteiger partial charge on any atom is 0.267 e. The predicted molar refractivity (Wildman–Crippen MR) is 115 cm³/mol. The molecule has 1 fully saturated rings. The Kier molecular flexibility index (Phi) is 6.50. The molecule has 0 bridgehead atoms. The fraction of sp³-hybridized carbons (Fsp3) is 0.409. The van der Waals surface area contributed by atoms with Gasteiger partial charge in [0.1, 0.15) is 11.6 Å². The monoisotopic (exact) mass is 428 g/mol. The van der Waals surface area contributed by atoms with E-state index in [-0.39, 0.29) is 18.4 Å². The number of piperazine rings is 1. The number of imide groups is 1. The van der Waals surface area contributed by atoms with Crippen LogP contribution in [0.3, 0.4) is 0 Å². The fourth-order valence-corrected chi connectivity index (χ4v) is 4.11. The number of para-hydroxylation sites is 1. The standard InChI is InChI=1S/C22H25ClN4O3/c23-18-7-5-9-24-21(18)26-14-12-25(13-15-26)10-3-4-11-27-20(28)16-30-19-8-2-1-6-17(19)22(27)29/h1-2,5-9H,3-4,10-16H2. The highest BCUT2D eigenvalue weighted by Gasteiger charge is 2.29. The average Bonchev–Trinajstić information content (AvgIpc) is 2.89. The Labute approximate surface area is 181 Å². The quantitative estimate of drug-likeness (QED) is 0.520. The molecule has 2 aliphatic rings. The molecule has 0 radical (unpaired) electrons. The minimum absolute atomic E-state index is 0.0964. The SMILES string of the molecule is O=C1COc2ccccc2C(=O)N1CCCCN1CCN(c2ncccc2Cl)CC1. The number of anilines is 1. The van der Waals surface area contributed by atoms with Gasteiger partial charge in [0.2, 0.25) is 0 Å². The minimum Gasteiger partial charge on any atom is -0.483 e. The van der Waals surface area contributed by atoms with Crippen LogP contribution in [0.5, 0.6) is 5.75 Å². The van der Waals surface area contributed by atoms with Crippen LogP contribution in [0.4, 0.5) is 5.82 Å². The number of nitrogens with zero attached hydrogens (tertiary/aromatic N) is 4. The van der Waals surface area contributed by atoms with E-state index in [0.29, 0.717) is 22.9 Å². The number of aromatic nitrogens is 1. The summed E-state index contributed by atoms with van der Waals surface area (Å²) >= 11 is 6.25. The van der Waals surface area contributed by atoms with Crippen LogP contribution in [-0.4, -0.2) is 72.5 Å². The first-order valence-corrected chi connectivity index (χ1v) is 10.7. The Bertz CT molecular complexity index is 915. The van der Waals surface area contributed by atoms with Crippen LogP contribution in [0.1, 0.15) is 23.2 Å². The maximum absolute atomic E-state index is 12.7. The van der Waals surface area contributed by atoms with E-state index in [1.165, 1.54) is 4.90 Å². The van der Waals surface area contributed by atoms with Crippen molar-refractivity contribution >= 4 is 29.2 Å². The van der Waals surface area contributed by atoms with Crippen molar-refractivity contribution in [1.29, 1.82) is 0 Å². The van der Waals surface area contributed by atoms with Gasteiger partial charge in [-0.25, -0.2) is 4.98 Å². The second-order valence-electron chi connectivity index (χ2n) is 7.48. The van der Waals surface area contributed by atoms with Crippen molar-refractivity contribution in [3.63, 3.8) is 0 Å². The van der Waals surface area contributed by atoms with E-state index in [4.69, 9.17) is 16.3 Å². The van der Waals surface area contributed by atoms with Crippen LogP contribution in [0.15, 0.2) is 42.6 Å². The number of carbonyl (C=O) groups is 2. The Morgan fingerprint density at radius 3 is 2.53 bits per heavy atom. The smallest absolute Gasteiger partial charge is 0.267 e. The number of hydrogen-bond acceptors (Lipinski definition) is 6. The van der Waals surface area contributed by atoms with Crippen molar-refractivity contribution in [2.24, 2.45) is 0 Å². The number of hydrogen-bond donors (Lipinski definition) is 0. The predicted octanol–water partition coefficient (Wildman–Crippen LogP) is 2.70. The van der Waals surface area contributed by atoms with Gasteiger partial charge in [0.15, 0.2) is 6.61 Å². The Hall–Kier alpha value is -2.64. The Morgan fingerprint density at radius 1 is 0.967 bits per heavy atom. The zero-order valence-corrected chi connectivity index (χ0v) is 17.6. The lowest BCUT2D eigenvalue weighted by Gasteiger charge is -2.35. The van der Waals surface area contributed by atoms with Gasteiger partial charge in [-0.1, -0.05) is 23.7 Å². The first kappa shape index (κ1) is 20.6. The number of amides is 2. The van der Waals surface area contributed by atoms with Crippen molar-refractivity contribution in [3.8, 4) is 5.75 Å². The zero-order chi connectivity index (χ0) is 20.9. The van der Waals surface area contributed by atoms with Gasteiger partial charge < -0.3 is 9.64 Å². The van der Waals surface area contributed by atoms with Crippen LogP contribution in [0.2, 0.25) is 5.02 Å². The number of halogens is 1. The first-order chi connectivity index (χ1) is 14.6. The molecule has 30 heavy (non-hydrogen) atoms. The summed E-state index contributed by atoms with van der Waals surface area (Å²) in [5.41, 5.74) is 0.452. The highest BCUT2D eigenvalue weighted by Crippen LogP contribution is 2.24. The number of unbranched alkanes of at least 4 members (excludes halogenated alkanes) is 1. The molecule has 8 heteroatoms. The second kappa shape index (κ2) is 9.45. The third-order valence-electron chi connectivity index (χ3n) is 5.53. The molecule has 1 aromatic carbocycles. The fourth-order valence-electron chi connectivity index (χ4n) is 3.87. The Morgan fingerprint density at radius 2 is 1.73 bits per heavy atom. The molecule has 2 aliphatic heterocycles. The van der Waals surface area contributed by atoms with Crippen molar-refractivity contribution in [1.82, 2.24) is 14.8 Å². The summed E-state index contributed by atoms with van der Waals surface area (Å²) < 4.78 is 5.48. The van der Waals surface area contributed by atoms with Crippen LogP contribution >= 0.6 is 11.6 Å². The van der Waals surface area contributed by atoms with E-state index in [1.54, 1.807) is 30.5 Å². The molecule has 4 rings (SSSR count). The number of fused-ring (bicyclic) bond motifs is 1. The van der Waals surface area contributed by atoms with Gasteiger partial charge in [-0.15, -0.1) is 0 Å². The second-order valence-corrected chi connectivity index (χ2v) is 7.89. The molecule has 0 N–H and O–H groups in total. The lowest BCUT2D eigenvalue weighted by Crippen LogP contribution is -2.47. The molecule has 0 unspecified atom stereocenters. The molecule has 0 spiro atoms. The van der Waals surface area contributed by atoms with Crippen molar-refractivity contribution in [3.05, 3.63) is 53.2 Å². The van der Waals surface area contributed by atoms with Crippen LogP contribution in [0.25, 0.3) is 0 Å². The van der Waals surface area contributed by atoms with Crippen LogP contribution in [-0.2, 0) is 4.79 Å². The van der Waals surface area contributed by atoms with E-state index in [2.05, 4.69) is 14.8 Å². The summed E-state index contributed by atoms with van der Waals surface area (Å²) in [5.74, 6) is 0.773. The number of pyridine rings is 1. The summed E-state index contributed by atoms with van der Waals surface area (Å²) in [7, 11) is 0. The van der Waals surface area contributed by atoms with Crippen molar-refractivity contribution in [2.45, 2.75) is 12.8 Å². The summed E-state index contributed by atoms with van der Waals surface area (Å²) in [5, 5.41) is 0.684. The van der Waals surface area contributed by atoms with Gasteiger partial charge in [0.25, 0.3) is 11.8 Å². The van der Waals surface area contributed by atoms with E-state index in [1.807, 2.05) is 12.1 Å². The molecular formula is C22H25ClN4O3.